The second-order valence-electron chi connectivity index (χ2n) is 7.35. The number of hydrogen-bond acceptors (Lipinski definition) is 4. The lowest BCUT2D eigenvalue weighted by atomic mass is 9.89. The third-order valence-electron chi connectivity index (χ3n) is 5.03. The predicted octanol–water partition coefficient (Wildman–Crippen LogP) is 2.55. The third-order valence-corrected chi connectivity index (χ3v) is 6.47. The maximum absolute atomic E-state index is 12.9. The van der Waals surface area contributed by atoms with Gasteiger partial charge in [0.2, 0.25) is 15.9 Å². The second kappa shape index (κ2) is 7.31. The summed E-state index contributed by atoms with van der Waals surface area (Å²) in [4.78, 5) is 27.0. The van der Waals surface area contributed by atoms with Gasteiger partial charge in [0.25, 0.3) is 5.91 Å². The molecule has 0 bridgehead atoms. The van der Waals surface area contributed by atoms with E-state index in [2.05, 4.69) is 4.72 Å². The van der Waals surface area contributed by atoms with Crippen LogP contribution in [-0.2, 0) is 14.8 Å². The quantitative estimate of drug-likeness (QED) is 0.853. The summed E-state index contributed by atoms with van der Waals surface area (Å²) in [6.45, 7) is 4.07. The van der Waals surface area contributed by atoms with Gasteiger partial charge in [0.05, 0.1) is 11.2 Å². The summed E-state index contributed by atoms with van der Waals surface area (Å²) in [5.41, 5.74) is -0.343. The van der Waals surface area contributed by atoms with Crippen LogP contribution in [0.1, 0.15) is 37.0 Å². The maximum atomic E-state index is 12.9. The second-order valence-corrected chi connectivity index (χ2v) is 9.19. The van der Waals surface area contributed by atoms with Crippen molar-refractivity contribution in [3.8, 4) is 0 Å². The predicted molar refractivity (Wildman–Crippen MR) is 105 cm³/mol. The van der Waals surface area contributed by atoms with Crippen LogP contribution in [0.4, 0.5) is 0 Å². The molecule has 1 unspecified atom stereocenters. The highest BCUT2D eigenvalue weighted by molar-refractivity contribution is 7.90. The van der Waals surface area contributed by atoms with E-state index in [-0.39, 0.29) is 18.2 Å². The molecule has 0 radical (unpaired) electrons. The molecule has 3 rings (SSSR count). The van der Waals surface area contributed by atoms with Crippen LogP contribution in [0.2, 0.25) is 0 Å². The number of benzene rings is 2. The Labute approximate surface area is 159 Å². The first kappa shape index (κ1) is 19.4. The summed E-state index contributed by atoms with van der Waals surface area (Å²) in [5, 5.41) is 2.04. The van der Waals surface area contributed by atoms with Gasteiger partial charge in [-0.15, -0.1) is 0 Å². The van der Waals surface area contributed by atoms with Crippen LogP contribution in [0.5, 0.6) is 0 Å². The summed E-state index contributed by atoms with van der Waals surface area (Å²) in [6.07, 6.45) is 0.867. The van der Waals surface area contributed by atoms with Crippen molar-refractivity contribution in [2.45, 2.75) is 26.7 Å². The molecule has 0 aliphatic carbocycles. The Morgan fingerprint density at radius 1 is 1.15 bits per heavy atom. The van der Waals surface area contributed by atoms with Gasteiger partial charge in [0.15, 0.2) is 0 Å². The van der Waals surface area contributed by atoms with Gasteiger partial charge < -0.3 is 4.90 Å². The summed E-state index contributed by atoms with van der Waals surface area (Å²) in [7, 11) is -3.62. The number of sulfonamides is 1. The van der Waals surface area contributed by atoms with Crippen molar-refractivity contribution < 1.29 is 18.0 Å². The lowest BCUT2D eigenvalue weighted by Crippen LogP contribution is -2.44. The van der Waals surface area contributed by atoms with E-state index in [0.717, 1.165) is 10.8 Å². The molecular formula is C20H24N2O4S. The maximum Gasteiger partial charge on any atom is 0.253 e. The Bertz CT molecular complexity index is 986. The third kappa shape index (κ3) is 4.13. The van der Waals surface area contributed by atoms with Crippen molar-refractivity contribution in [2.24, 2.45) is 5.41 Å². The lowest BCUT2D eigenvalue weighted by molar-refractivity contribution is -0.127. The van der Waals surface area contributed by atoms with E-state index in [9.17, 15) is 18.0 Å². The first-order valence-electron chi connectivity index (χ1n) is 9.07. The van der Waals surface area contributed by atoms with Gasteiger partial charge in [0, 0.05) is 18.7 Å². The van der Waals surface area contributed by atoms with Gasteiger partial charge >= 0.3 is 0 Å². The van der Waals surface area contributed by atoms with Gasteiger partial charge in [-0.1, -0.05) is 37.3 Å². The number of fused-ring (bicyclic) bond motifs is 1. The first-order chi connectivity index (χ1) is 12.7. The van der Waals surface area contributed by atoms with E-state index >= 15 is 0 Å². The standard InChI is InChI=1S/C20H24N2O4S/c1-3-12-27(25,26)21-19(24)20(2)10-11-22(14-20)18(23)17-9-8-15-6-4-5-7-16(15)13-17/h4-9,13H,3,10-12,14H2,1-2H3,(H,21,24). The average molecular weight is 388 g/mol. The number of nitrogens with zero attached hydrogens (tertiary/aromatic N) is 1. The Balaban J connectivity index is 1.73. The van der Waals surface area contributed by atoms with E-state index in [1.54, 1.807) is 24.8 Å². The van der Waals surface area contributed by atoms with Crippen molar-refractivity contribution in [3.63, 3.8) is 0 Å². The zero-order valence-electron chi connectivity index (χ0n) is 15.6. The fourth-order valence-electron chi connectivity index (χ4n) is 3.41. The number of hydrogen-bond donors (Lipinski definition) is 1. The number of carbonyl (C=O) groups is 2. The molecule has 1 saturated heterocycles. The van der Waals surface area contributed by atoms with E-state index in [1.807, 2.05) is 36.4 Å². The Hall–Kier alpha value is -2.41. The topological polar surface area (TPSA) is 83.6 Å². The highest BCUT2D eigenvalue weighted by atomic mass is 32.2. The molecule has 2 aromatic rings. The highest BCUT2D eigenvalue weighted by Crippen LogP contribution is 2.31. The normalized spacial score (nSPS) is 20.0. The van der Waals surface area contributed by atoms with Crippen molar-refractivity contribution in [3.05, 3.63) is 48.0 Å². The van der Waals surface area contributed by atoms with E-state index in [1.165, 1.54) is 0 Å². The minimum Gasteiger partial charge on any atom is -0.338 e. The molecule has 7 heteroatoms. The molecule has 1 heterocycles. The van der Waals surface area contributed by atoms with Crippen LogP contribution in [0, 0.1) is 5.41 Å². The molecule has 2 amide bonds. The number of amides is 2. The van der Waals surface area contributed by atoms with Crippen LogP contribution in [-0.4, -0.2) is 44.0 Å². The van der Waals surface area contributed by atoms with Crippen LogP contribution in [0.25, 0.3) is 10.8 Å². The minimum absolute atomic E-state index is 0.0887. The molecule has 27 heavy (non-hydrogen) atoms. The number of rotatable bonds is 5. The molecule has 6 nitrogen and oxygen atoms in total. The van der Waals surface area contributed by atoms with E-state index in [0.29, 0.717) is 24.9 Å². The van der Waals surface area contributed by atoms with Crippen LogP contribution >= 0.6 is 0 Å². The number of likely N-dealkylation sites (tertiary alicyclic amines) is 1. The van der Waals surface area contributed by atoms with Crippen molar-refractivity contribution >= 4 is 32.6 Å². The van der Waals surface area contributed by atoms with Crippen LogP contribution in [0.3, 0.4) is 0 Å². The lowest BCUT2D eigenvalue weighted by Gasteiger charge is -2.23. The van der Waals surface area contributed by atoms with Crippen LogP contribution in [0.15, 0.2) is 42.5 Å². The Kier molecular flexibility index (Phi) is 5.24. The Morgan fingerprint density at radius 2 is 1.85 bits per heavy atom. The molecule has 0 saturated carbocycles. The fraction of sp³-hybridized carbons (Fsp3) is 0.400. The SMILES string of the molecule is CCCS(=O)(=O)NC(=O)C1(C)CCN(C(=O)c2ccc3ccccc3c2)C1. The number of carbonyl (C=O) groups excluding carboxylic acids is 2. The average Bonchev–Trinajstić information content (AvgIpc) is 3.04. The van der Waals surface area contributed by atoms with Gasteiger partial charge in [-0.3, -0.25) is 14.3 Å². The zero-order valence-corrected chi connectivity index (χ0v) is 16.4. The van der Waals surface area contributed by atoms with Gasteiger partial charge in [-0.05, 0) is 42.7 Å². The highest BCUT2D eigenvalue weighted by Gasteiger charge is 2.43. The molecule has 0 aromatic heterocycles. The van der Waals surface area contributed by atoms with E-state index < -0.39 is 21.3 Å². The van der Waals surface area contributed by atoms with E-state index in [4.69, 9.17) is 0 Å². The molecule has 0 spiro atoms. The van der Waals surface area contributed by atoms with Crippen LogP contribution < -0.4 is 4.72 Å². The molecule has 1 N–H and O–H groups in total. The smallest absolute Gasteiger partial charge is 0.253 e. The molecular weight excluding hydrogens is 364 g/mol. The zero-order chi connectivity index (χ0) is 19.7. The van der Waals surface area contributed by atoms with Gasteiger partial charge in [0.1, 0.15) is 0 Å². The molecule has 1 atom stereocenters. The summed E-state index contributed by atoms with van der Waals surface area (Å²) >= 11 is 0. The van der Waals surface area contributed by atoms with Crippen molar-refractivity contribution in [1.82, 2.24) is 9.62 Å². The summed E-state index contributed by atoms with van der Waals surface area (Å²) in [5.74, 6) is -0.771. The van der Waals surface area contributed by atoms with Crippen molar-refractivity contribution in [2.75, 3.05) is 18.8 Å². The van der Waals surface area contributed by atoms with Gasteiger partial charge in [-0.25, -0.2) is 8.42 Å². The van der Waals surface area contributed by atoms with Gasteiger partial charge in [-0.2, -0.15) is 0 Å². The Morgan fingerprint density at radius 3 is 2.56 bits per heavy atom. The minimum atomic E-state index is -3.62. The molecule has 2 aromatic carbocycles. The largest absolute Gasteiger partial charge is 0.338 e. The van der Waals surface area contributed by atoms with Crippen molar-refractivity contribution in [1.29, 1.82) is 0 Å². The fourth-order valence-corrected chi connectivity index (χ4v) is 4.58. The summed E-state index contributed by atoms with van der Waals surface area (Å²) < 4.78 is 25.9. The molecule has 144 valence electrons. The number of nitrogens with one attached hydrogen (secondary N) is 1. The first-order valence-corrected chi connectivity index (χ1v) is 10.7. The molecule has 1 aliphatic rings. The monoisotopic (exact) mass is 388 g/mol. The molecule has 1 aliphatic heterocycles. The molecule has 1 fully saturated rings. The summed E-state index contributed by atoms with van der Waals surface area (Å²) in [6, 6.07) is 13.3.